The fourth-order valence-corrected chi connectivity index (χ4v) is 3.77. The minimum Gasteiger partial charge on any atom is -0.391 e. The molecule has 2 saturated carbocycles. The van der Waals surface area contributed by atoms with Crippen molar-refractivity contribution in [3.8, 4) is 0 Å². The summed E-state index contributed by atoms with van der Waals surface area (Å²) in [5.41, 5.74) is 1.00. The van der Waals surface area contributed by atoms with Crippen LogP contribution < -0.4 is 5.32 Å². The van der Waals surface area contributed by atoms with Crippen LogP contribution in [0.1, 0.15) is 6.42 Å². The third-order valence-electron chi connectivity index (χ3n) is 4.55. The number of aliphatic hydroxyl groups is 1. The second-order valence-corrected chi connectivity index (χ2v) is 5.88. The molecule has 2 bridgehead atoms. The minimum atomic E-state index is -0.314. The van der Waals surface area contributed by atoms with E-state index in [1.807, 2.05) is 24.3 Å². The Morgan fingerprint density at radius 3 is 2.44 bits per heavy atom. The molecule has 1 aromatic rings. The maximum absolute atomic E-state index is 10.3. The smallest absolute Gasteiger partial charge is 0.101 e. The molecule has 4 rings (SSSR count). The molecule has 1 aromatic carbocycles. The number of fused-ring (bicyclic) bond motifs is 5. The summed E-state index contributed by atoms with van der Waals surface area (Å²) in [6.07, 6.45) is 0.723. The summed E-state index contributed by atoms with van der Waals surface area (Å²) in [7, 11) is 0. The largest absolute Gasteiger partial charge is 0.391 e. The third kappa shape index (κ3) is 1.36. The van der Waals surface area contributed by atoms with Crippen molar-refractivity contribution in [3.05, 3.63) is 29.3 Å². The molecule has 94 valence electrons. The number of hydrogen-bond donors (Lipinski definition) is 2. The summed E-state index contributed by atoms with van der Waals surface area (Å²) < 4.78 is 0. The van der Waals surface area contributed by atoms with Crippen molar-refractivity contribution in [2.24, 2.45) is 22.1 Å². The fraction of sp³-hybridized carbons (Fsp3) is 0.538. The molecule has 1 heterocycles. The number of nitrogens with one attached hydrogen (secondary N) is 1. The molecule has 2 N–H and O–H groups in total. The van der Waals surface area contributed by atoms with Gasteiger partial charge < -0.3 is 10.4 Å². The quantitative estimate of drug-likeness (QED) is 0.860. The van der Waals surface area contributed by atoms with Gasteiger partial charge in [0.2, 0.25) is 0 Å². The van der Waals surface area contributed by atoms with E-state index in [0.717, 1.165) is 17.1 Å². The zero-order chi connectivity index (χ0) is 12.3. The van der Waals surface area contributed by atoms with Crippen LogP contribution in [0, 0.1) is 11.8 Å². The molecule has 0 spiro atoms. The second-order valence-electron chi connectivity index (χ2n) is 5.44. The lowest BCUT2D eigenvalue weighted by Crippen LogP contribution is -2.52. The average Bonchev–Trinajstić information content (AvgIpc) is 2.73. The number of anilines is 1. The molecular weight excluding hydrogens is 250 g/mol. The van der Waals surface area contributed by atoms with Crippen LogP contribution in [0.5, 0.6) is 0 Å². The number of hydrogen-bond acceptors (Lipinski definition) is 4. The topological polar surface area (TPSA) is 57.0 Å². The van der Waals surface area contributed by atoms with E-state index in [9.17, 15) is 5.11 Å². The van der Waals surface area contributed by atoms with Gasteiger partial charge in [-0.15, -0.1) is 0 Å². The highest BCUT2D eigenvalue weighted by atomic mass is 35.5. The maximum atomic E-state index is 10.3. The Kier molecular flexibility index (Phi) is 2.20. The van der Waals surface area contributed by atoms with E-state index in [0.29, 0.717) is 17.9 Å². The van der Waals surface area contributed by atoms with Crippen LogP contribution in [0.3, 0.4) is 0 Å². The molecule has 0 amide bonds. The van der Waals surface area contributed by atoms with Gasteiger partial charge in [0.05, 0.1) is 12.1 Å². The molecule has 2 unspecified atom stereocenters. The first kappa shape index (κ1) is 10.8. The lowest BCUT2D eigenvalue weighted by Gasteiger charge is -2.39. The van der Waals surface area contributed by atoms with E-state index in [1.165, 1.54) is 0 Å². The normalized spacial score (nSPS) is 43.7. The molecule has 1 aliphatic heterocycles. The van der Waals surface area contributed by atoms with Gasteiger partial charge in [0, 0.05) is 22.5 Å². The minimum absolute atomic E-state index is 0.0941. The lowest BCUT2D eigenvalue weighted by molar-refractivity contribution is 0.0683. The van der Waals surface area contributed by atoms with Gasteiger partial charge >= 0.3 is 0 Å². The van der Waals surface area contributed by atoms with E-state index in [1.54, 1.807) is 0 Å². The van der Waals surface area contributed by atoms with E-state index >= 15 is 0 Å². The fourth-order valence-electron chi connectivity index (χ4n) is 3.64. The first-order valence-electron chi connectivity index (χ1n) is 6.34. The van der Waals surface area contributed by atoms with Crippen LogP contribution in [0.2, 0.25) is 5.02 Å². The van der Waals surface area contributed by atoms with Gasteiger partial charge in [-0.25, -0.2) is 0 Å². The number of rotatable bonds is 2. The molecule has 2 fully saturated rings. The number of halogens is 1. The van der Waals surface area contributed by atoms with Crippen LogP contribution in [0.25, 0.3) is 0 Å². The van der Waals surface area contributed by atoms with Gasteiger partial charge in [-0.1, -0.05) is 11.6 Å². The van der Waals surface area contributed by atoms with E-state index in [-0.39, 0.29) is 18.2 Å². The Hall–Kier alpha value is -1.13. The van der Waals surface area contributed by atoms with Crippen molar-refractivity contribution in [1.82, 2.24) is 0 Å². The van der Waals surface area contributed by atoms with Gasteiger partial charge in [0.1, 0.15) is 12.1 Å². The van der Waals surface area contributed by atoms with Crippen molar-refractivity contribution in [2.45, 2.75) is 30.7 Å². The molecule has 6 atom stereocenters. The Labute approximate surface area is 110 Å². The molecule has 4 nitrogen and oxygen atoms in total. The van der Waals surface area contributed by atoms with Crippen molar-refractivity contribution in [2.75, 3.05) is 5.32 Å². The summed E-state index contributed by atoms with van der Waals surface area (Å²) in [6.45, 7) is 0. The first-order chi connectivity index (χ1) is 8.74. The van der Waals surface area contributed by atoms with Crippen molar-refractivity contribution in [1.29, 1.82) is 0 Å². The first-order valence-corrected chi connectivity index (χ1v) is 6.72. The highest BCUT2D eigenvalue weighted by Crippen LogP contribution is 2.52. The van der Waals surface area contributed by atoms with Crippen LogP contribution in [-0.4, -0.2) is 29.3 Å². The Balaban J connectivity index is 1.56. The molecule has 5 heteroatoms. The van der Waals surface area contributed by atoms with Crippen molar-refractivity contribution in [3.63, 3.8) is 0 Å². The molecule has 0 saturated heterocycles. The van der Waals surface area contributed by atoms with Crippen LogP contribution in [-0.2, 0) is 0 Å². The maximum Gasteiger partial charge on any atom is 0.101 e. The summed E-state index contributed by atoms with van der Waals surface area (Å²) in [5.74, 6) is 0.713. The van der Waals surface area contributed by atoms with Crippen molar-refractivity contribution >= 4 is 17.3 Å². The molecular formula is C13H14ClN3O. The number of benzene rings is 1. The monoisotopic (exact) mass is 263 g/mol. The van der Waals surface area contributed by atoms with Gasteiger partial charge in [-0.05, 0) is 30.7 Å². The number of nitrogens with zero attached hydrogens (tertiary/aromatic N) is 2. The summed E-state index contributed by atoms with van der Waals surface area (Å²) >= 11 is 5.87. The number of azo groups is 1. The average molecular weight is 264 g/mol. The molecule has 0 aromatic heterocycles. The predicted molar refractivity (Wildman–Crippen MR) is 68.9 cm³/mol. The Morgan fingerprint density at radius 2 is 1.78 bits per heavy atom. The Bertz CT molecular complexity index is 503. The van der Waals surface area contributed by atoms with Gasteiger partial charge in [0.25, 0.3) is 0 Å². The Morgan fingerprint density at radius 1 is 1.11 bits per heavy atom. The van der Waals surface area contributed by atoms with Crippen LogP contribution in [0.4, 0.5) is 5.69 Å². The van der Waals surface area contributed by atoms with Crippen molar-refractivity contribution < 1.29 is 5.11 Å². The zero-order valence-electron chi connectivity index (χ0n) is 9.70. The summed E-state index contributed by atoms with van der Waals surface area (Å²) in [5, 5.41) is 22.8. The number of aliphatic hydroxyl groups excluding tert-OH is 1. The van der Waals surface area contributed by atoms with Gasteiger partial charge in [-0.3, -0.25) is 0 Å². The van der Waals surface area contributed by atoms with Crippen LogP contribution >= 0.6 is 11.6 Å². The SMILES string of the molecule is OC1C(Nc2ccc(Cl)cc2)[C@H]2C[C@@H]1[C@@H]1N=N[C@@H]12. The van der Waals surface area contributed by atoms with E-state index in [4.69, 9.17) is 11.6 Å². The lowest BCUT2D eigenvalue weighted by atomic mass is 9.83. The highest BCUT2D eigenvalue weighted by molar-refractivity contribution is 6.30. The molecule has 0 radical (unpaired) electrons. The standard InChI is InChI=1S/C13H14ClN3O/c14-6-1-3-7(4-2-6)15-12-8-5-9(13(12)18)11-10(8)16-17-11/h1-4,8-13,15,18H,5H2/t8-,9+,10+,11-,12?,13?/m0/s1. The van der Waals surface area contributed by atoms with E-state index < -0.39 is 0 Å². The van der Waals surface area contributed by atoms with Gasteiger partial charge in [0.15, 0.2) is 0 Å². The highest BCUT2D eigenvalue weighted by Gasteiger charge is 2.61. The second kappa shape index (κ2) is 3.68. The summed E-state index contributed by atoms with van der Waals surface area (Å²) in [4.78, 5) is 0. The van der Waals surface area contributed by atoms with Gasteiger partial charge in [-0.2, -0.15) is 10.2 Å². The third-order valence-corrected chi connectivity index (χ3v) is 4.80. The zero-order valence-corrected chi connectivity index (χ0v) is 10.5. The molecule has 3 aliphatic rings. The summed E-state index contributed by atoms with van der Waals surface area (Å²) in [6, 6.07) is 8.32. The molecule has 2 aliphatic carbocycles. The predicted octanol–water partition coefficient (Wildman–Crippen LogP) is 2.33. The van der Waals surface area contributed by atoms with Crippen LogP contribution in [0.15, 0.2) is 34.5 Å². The van der Waals surface area contributed by atoms with E-state index in [2.05, 4.69) is 15.5 Å². The molecule has 18 heavy (non-hydrogen) atoms.